The molecule has 0 aromatic heterocycles. The summed E-state index contributed by atoms with van der Waals surface area (Å²) in [5, 5.41) is 0.805. The Balaban J connectivity index is 2.69. The summed E-state index contributed by atoms with van der Waals surface area (Å²) in [7, 11) is 0. The fourth-order valence-electron chi connectivity index (χ4n) is 1.05. The second-order valence-electron chi connectivity index (χ2n) is 2.86. The second-order valence-corrected chi connectivity index (χ2v) is 3.27. The third-order valence-electron chi connectivity index (χ3n) is 1.77. The van der Waals surface area contributed by atoms with E-state index in [0.29, 0.717) is 0 Å². The SMILES string of the molecule is CC(Cc1ccccc1Cl)NN. The quantitative estimate of drug-likeness (QED) is 0.555. The second kappa shape index (κ2) is 4.45. The normalized spacial score (nSPS) is 12.9. The van der Waals surface area contributed by atoms with Crippen LogP contribution >= 0.6 is 11.6 Å². The first-order valence-electron chi connectivity index (χ1n) is 3.93. The van der Waals surface area contributed by atoms with Gasteiger partial charge in [-0.15, -0.1) is 0 Å². The highest BCUT2D eigenvalue weighted by atomic mass is 35.5. The lowest BCUT2D eigenvalue weighted by Gasteiger charge is -2.10. The Morgan fingerprint density at radius 1 is 1.50 bits per heavy atom. The average Bonchev–Trinajstić information content (AvgIpc) is 2.09. The van der Waals surface area contributed by atoms with Crippen molar-refractivity contribution in [2.45, 2.75) is 19.4 Å². The third-order valence-corrected chi connectivity index (χ3v) is 2.14. The minimum Gasteiger partial charge on any atom is -0.271 e. The Kier molecular flexibility index (Phi) is 3.53. The molecule has 2 nitrogen and oxygen atoms in total. The molecule has 0 saturated heterocycles. The molecule has 0 heterocycles. The first kappa shape index (κ1) is 9.52. The third kappa shape index (κ3) is 2.48. The number of rotatable bonds is 3. The monoisotopic (exact) mass is 184 g/mol. The minimum atomic E-state index is 0.255. The van der Waals surface area contributed by atoms with Gasteiger partial charge < -0.3 is 0 Å². The van der Waals surface area contributed by atoms with E-state index in [2.05, 4.69) is 5.43 Å². The lowest BCUT2D eigenvalue weighted by Crippen LogP contribution is -2.34. The van der Waals surface area contributed by atoms with Crippen molar-refractivity contribution in [1.29, 1.82) is 0 Å². The van der Waals surface area contributed by atoms with Crippen molar-refractivity contribution in [3.63, 3.8) is 0 Å². The van der Waals surface area contributed by atoms with Gasteiger partial charge in [0.25, 0.3) is 0 Å². The van der Waals surface area contributed by atoms with E-state index in [0.717, 1.165) is 17.0 Å². The first-order chi connectivity index (χ1) is 5.74. The van der Waals surface area contributed by atoms with Crippen molar-refractivity contribution >= 4 is 11.6 Å². The zero-order chi connectivity index (χ0) is 8.97. The van der Waals surface area contributed by atoms with Crippen LogP contribution in [-0.4, -0.2) is 6.04 Å². The smallest absolute Gasteiger partial charge is 0.0438 e. The zero-order valence-corrected chi connectivity index (χ0v) is 7.81. The molecule has 1 aromatic carbocycles. The summed E-state index contributed by atoms with van der Waals surface area (Å²) >= 11 is 5.96. The lowest BCUT2D eigenvalue weighted by molar-refractivity contribution is 0.568. The fourth-order valence-corrected chi connectivity index (χ4v) is 1.27. The Bertz CT molecular complexity index is 250. The van der Waals surface area contributed by atoms with Crippen LogP contribution in [0.5, 0.6) is 0 Å². The summed E-state index contributed by atoms with van der Waals surface area (Å²) < 4.78 is 0. The van der Waals surface area contributed by atoms with Gasteiger partial charge in [0.2, 0.25) is 0 Å². The Labute approximate surface area is 77.7 Å². The van der Waals surface area contributed by atoms with Gasteiger partial charge >= 0.3 is 0 Å². The molecule has 0 saturated carbocycles. The molecule has 66 valence electrons. The van der Waals surface area contributed by atoms with Gasteiger partial charge in [0.1, 0.15) is 0 Å². The summed E-state index contributed by atoms with van der Waals surface area (Å²) in [5.74, 6) is 5.28. The van der Waals surface area contributed by atoms with E-state index in [1.807, 2.05) is 31.2 Å². The number of nitrogens with one attached hydrogen (secondary N) is 1. The van der Waals surface area contributed by atoms with Crippen LogP contribution in [0, 0.1) is 0 Å². The molecule has 0 aliphatic carbocycles. The largest absolute Gasteiger partial charge is 0.271 e. The molecule has 0 spiro atoms. The number of hydrogen-bond acceptors (Lipinski definition) is 2. The predicted octanol–water partition coefficient (Wildman–Crippen LogP) is 1.73. The molecule has 1 atom stereocenters. The molecule has 3 heteroatoms. The summed E-state index contributed by atoms with van der Waals surface area (Å²) in [6.07, 6.45) is 0.857. The van der Waals surface area contributed by atoms with Crippen molar-refractivity contribution < 1.29 is 0 Å². The maximum atomic E-state index is 5.96. The van der Waals surface area contributed by atoms with Gasteiger partial charge in [-0.3, -0.25) is 11.3 Å². The van der Waals surface area contributed by atoms with Gasteiger partial charge in [-0.05, 0) is 25.0 Å². The maximum Gasteiger partial charge on any atom is 0.0438 e. The van der Waals surface area contributed by atoms with Crippen molar-refractivity contribution in [3.05, 3.63) is 34.9 Å². The van der Waals surface area contributed by atoms with Crippen molar-refractivity contribution in [2.24, 2.45) is 5.84 Å². The van der Waals surface area contributed by atoms with E-state index in [4.69, 9.17) is 17.4 Å². The molecule has 0 fully saturated rings. The van der Waals surface area contributed by atoms with E-state index < -0.39 is 0 Å². The summed E-state index contributed by atoms with van der Waals surface area (Å²) in [5.41, 5.74) is 3.81. The molecule has 0 aliphatic heterocycles. The number of halogens is 1. The van der Waals surface area contributed by atoms with Crippen LogP contribution in [0.4, 0.5) is 0 Å². The van der Waals surface area contributed by atoms with Crippen LogP contribution in [0.15, 0.2) is 24.3 Å². The highest BCUT2D eigenvalue weighted by molar-refractivity contribution is 6.31. The van der Waals surface area contributed by atoms with E-state index in [-0.39, 0.29) is 6.04 Å². The molecule has 1 rings (SSSR count). The predicted molar refractivity (Wildman–Crippen MR) is 51.9 cm³/mol. The van der Waals surface area contributed by atoms with Crippen LogP contribution in [0.25, 0.3) is 0 Å². The van der Waals surface area contributed by atoms with Gasteiger partial charge in [-0.2, -0.15) is 0 Å². The molecule has 1 unspecified atom stereocenters. The topological polar surface area (TPSA) is 38.0 Å². The van der Waals surface area contributed by atoms with Gasteiger partial charge in [-0.1, -0.05) is 29.8 Å². The summed E-state index contributed by atoms with van der Waals surface area (Å²) in [6, 6.07) is 8.05. The Morgan fingerprint density at radius 2 is 2.17 bits per heavy atom. The first-order valence-corrected chi connectivity index (χ1v) is 4.31. The van der Waals surface area contributed by atoms with E-state index >= 15 is 0 Å². The minimum absolute atomic E-state index is 0.255. The molecule has 0 amide bonds. The maximum absolute atomic E-state index is 5.96. The number of benzene rings is 1. The van der Waals surface area contributed by atoms with Crippen LogP contribution in [-0.2, 0) is 6.42 Å². The van der Waals surface area contributed by atoms with E-state index in [1.54, 1.807) is 0 Å². The van der Waals surface area contributed by atoms with Crippen LogP contribution < -0.4 is 11.3 Å². The standard InChI is InChI=1S/C9H13ClN2/c1-7(12-11)6-8-4-2-3-5-9(8)10/h2-5,7,12H,6,11H2,1H3. The lowest BCUT2D eigenvalue weighted by atomic mass is 10.1. The van der Waals surface area contributed by atoms with E-state index in [1.165, 1.54) is 0 Å². The van der Waals surface area contributed by atoms with E-state index in [9.17, 15) is 0 Å². The highest BCUT2D eigenvalue weighted by Gasteiger charge is 2.03. The molecule has 3 N–H and O–H groups in total. The van der Waals surface area contributed by atoms with Crippen LogP contribution in [0.3, 0.4) is 0 Å². The average molecular weight is 185 g/mol. The Morgan fingerprint density at radius 3 is 2.75 bits per heavy atom. The highest BCUT2D eigenvalue weighted by Crippen LogP contribution is 2.16. The van der Waals surface area contributed by atoms with Crippen LogP contribution in [0.2, 0.25) is 5.02 Å². The number of hydrazine groups is 1. The van der Waals surface area contributed by atoms with Crippen molar-refractivity contribution in [1.82, 2.24) is 5.43 Å². The molecular formula is C9H13ClN2. The van der Waals surface area contributed by atoms with Gasteiger partial charge in [-0.25, -0.2) is 0 Å². The molecule has 1 aromatic rings. The molecule has 0 radical (unpaired) electrons. The Hall–Kier alpha value is -0.570. The molecule has 0 bridgehead atoms. The summed E-state index contributed by atoms with van der Waals surface area (Å²) in [6.45, 7) is 2.02. The summed E-state index contributed by atoms with van der Waals surface area (Å²) in [4.78, 5) is 0. The number of nitrogens with two attached hydrogens (primary N) is 1. The van der Waals surface area contributed by atoms with Gasteiger partial charge in [0, 0.05) is 11.1 Å². The van der Waals surface area contributed by atoms with Gasteiger partial charge in [0.15, 0.2) is 0 Å². The van der Waals surface area contributed by atoms with Crippen molar-refractivity contribution in [2.75, 3.05) is 0 Å². The zero-order valence-electron chi connectivity index (χ0n) is 7.05. The molecule has 12 heavy (non-hydrogen) atoms. The number of hydrogen-bond donors (Lipinski definition) is 2. The van der Waals surface area contributed by atoms with Crippen LogP contribution in [0.1, 0.15) is 12.5 Å². The molecular weight excluding hydrogens is 172 g/mol. The van der Waals surface area contributed by atoms with Gasteiger partial charge in [0.05, 0.1) is 0 Å². The fraction of sp³-hybridized carbons (Fsp3) is 0.333. The van der Waals surface area contributed by atoms with Crippen molar-refractivity contribution in [3.8, 4) is 0 Å². The molecule has 0 aliphatic rings.